The van der Waals surface area contributed by atoms with Crippen LogP contribution in [0.3, 0.4) is 0 Å². The molecule has 2 bridgehead atoms. The van der Waals surface area contributed by atoms with Gasteiger partial charge in [0.15, 0.2) is 17.2 Å². The van der Waals surface area contributed by atoms with Crippen LogP contribution in [0.1, 0.15) is 28.9 Å². The Hall–Kier alpha value is -3.06. The van der Waals surface area contributed by atoms with Crippen LogP contribution in [-0.4, -0.2) is 54.4 Å². The number of hydrogen-bond acceptors (Lipinski definition) is 5. The molecule has 0 spiro atoms. The van der Waals surface area contributed by atoms with Gasteiger partial charge in [0, 0.05) is 31.1 Å². The third-order valence-electron chi connectivity index (χ3n) is 6.75. The van der Waals surface area contributed by atoms with E-state index in [0.717, 1.165) is 54.9 Å². The van der Waals surface area contributed by atoms with Crippen LogP contribution >= 0.6 is 0 Å². The molecule has 162 valence electrons. The second kappa shape index (κ2) is 8.23. The van der Waals surface area contributed by atoms with E-state index < -0.39 is 0 Å². The van der Waals surface area contributed by atoms with E-state index in [0.29, 0.717) is 17.5 Å². The molecule has 31 heavy (non-hydrogen) atoms. The summed E-state index contributed by atoms with van der Waals surface area (Å²) in [6.45, 7) is 2.84. The zero-order valence-electron chi connectivity index (χ0n) is 17.9. The molecule has 2 N–H and O–H groups in total. The molecule has 5 rings (SSSR count). The summed E-state index contributed by atoms with van der Waals surface area (Å²) in [6.07, 6.45) is 2.30. The number of likely N-dealkylation sites (tertiary alicyclic amines) is 1. The second-order valence-electron chi connectivity index (χ2n) is 8.60. The predicted molar refractivity (Wildman–Crippen MR) is 118 cm³/mol. The quantitative estimate of drug-likeness (QED) is 0.640. The highest BCUT2D eigenvalue weighted by Crippen LogP contribution is 2.38. The Bertz CT molecular complexity index is 1080. The van der Waals surface area contributed by atoms with Gasteiger partial charge in [-0.05, 0) is 48.4 Å². The van der Waals surface area contributed by atoms with Crippen LogP contribution in [0.4, 0.5) is 0 Å². The van der Waals surface area contributed by atoms with Crippen molar-refractivity contribution in [2.45, 2.75) is 25.4 Å². The molecule has 2 heterocycles. The highest BCUT2D eigenvalue weighted by Gasteiger charge is 2.43. The van der Waals surface area contributed by atoms with Gasteiger partial charge in [0.1, 0.15) is 0 Å². The summed E-state index contributed by atoms with van der Waals surface area (Å²) >= 11 is 0. The zero-order chi connectivity index (χ0) is 21.4. The maximum Gasteiger partial charge on any atom is 0.272 e. The number of H-pyrrole nitrogens is 1. The molecule has 7 nitrogen and oxygen atoms in total. The molecule has 2 fully saturated rings. The van der Waals surface area contributed by atoms with Gasteiger partial charge in [0.25, 0.3) is 5.91 Å². The van der Waals surface area contributed by atoms with Crippen molar-refractivity contribution in [3.05, 3.63) is 53.7 Å². The summed E-state index contributed by atoms with van der Waals surface area (Å²) in [6, 6.07) is 14.1. The smallest absolute Gasteiger partial charge is 0.272 e. The van der Waals surface area contributed by atoms with Gasteiger partial charge in [-0.2, -0.15) is 5.10 Å². The Morgan fingerprint density at radius 3 is 2.58 bits per heavy atom. The summed E-state index contributed by atoms with van der Waals surface area (Å²) in [5.41, 5.74) is 2.59. The largest absolute Gasteiger partial charge is 0.493 e. The Morgan fingerprint density at radius 2 is 1.84 bits per heavy atom. The number of nitrogens with one attached hydrogen (secondary N) is 2. The van der Waals surface area contributed by atoms with Crippen LogP contribution in [-0.2, 0) is 6.54 Å². The van der Waals surface area contributed by atoms with Crippen molar-refractivity contribution in [2.75, 3.05) is 27.3 Å². The van der Waals surface area contributed by atoms with E-state index in [2.05, 4.69) is 32.5 Å². The van der Waals surface area contributed by atoms with E-state index in [9.17, 15) is 4.79 Å². The second-order valence-corrected chi connectivity index (χ2v) is 8.60. The number of nitrogens with zero attached hydrogens (tertiary/aromatic N) is 2. The number of aromatic amines is 1. The Morgan fingerprint density at radius 1 is 1.10 bits per heavy atom. The maximum atomic E-state index is 13.0. The lowest BCUT2D eigenvalue weighted by molar-refractivity contribution is 0.0821. The summed E-state index contributed by atoms with van der Waals surface area (Å²) in [5.74, 6) is 2.36. The SMILES string of the molecule is COc1ccc(CN2C[C@H]3CC[C@@H](C2)C3NC(=O)c2n[nH]c3ccccc23)cc1OC. The summed E-state index contributed by atoms with van der Waals surface area (Å²) in [4.78, 5) is 15.5. The number of para-hydroxylation sites is 1. The van der Waals surface area contributed by atoms with Crippen LogP contribution in [0.15, 0.2) is 42.5 Å². The van der Waals surface area contributed by atoms with Gasteiger partial charge in [-0.15, -0.1) is 0 Å². The molecule has 0 radical (unpaired) electrons. The molecule has 1 aliphatic carbocycles. The molecule has 2 aliphatic rings. The number of amides is 1. The fourth-order valence-electron chi connectivity index (χ4n) is 5.28. The van der Waals surface area contributed by atoms with Crippen LogP contribution in [0, 0.1) is 11.8 Å². The first kappa shape index (κ1) is 19.9. The monoisotopic (exact) mass is 420 g/mol. The average molecular weight is 421 g/mol. The number of benzene rings is 2. The van der Waals surface area contributed by atoms with Crippen molar-refractivity contribution in [3.8, 4) is 11.5 Å². The van der Waals surface area contributed by atoms with Crippen molar-refractivity contribution in [1.29, 1.82) is 0 Å². The topological polar surface area (TPSA) is 79.5 Å². The minimum Gasteiger partial charge on any atom is -0.493 e. The molecule has 7 heteroatoms. The van der Waals surface area contributed by atoms with E-state index in [1.807, 2.05) is 30.3 Å². The first-order valence-corrected chi connectivity index (χ1v) is 10.8. The molecular weight excluding hydrogens is 392 g/mol. The lowest BCUT2D eigenvalue weighted by atomic mass is 9.91. The molecule has 1 amide bonds. The van der Waals surface area contributed by atoms with Crippen molar-refractivity contribution >= 4 is 16.8 Å². The Kier molecular flexibility index (Phi) is 5.28. The number of fused-ring (bicyclic) bond motifs is 3. The van der Waals surface area contributed by atoms with Crippen LogP contribution in [0.5, 0.6) is 11.5 Å². The molecular formula is C24H28N4O3. The molecule has 1 saturated carbocycles. The first-order valence-electron chi connectivity index (χ1n) is 10.8. The van der Waals surface area contributed by atoms with E-state index in [4.69, 9.17) is 9.47 Å². The number of rotatable bonds is 6. The van der Waals surface area contributed by atoms with E-state index in [1.165, 1.54) is 5.56 Å². The van der Waals surface area contributed by atoms with Gasteiger partial charge in [-0.1, -0.05) is 24.3 Å². The normalized spacial score (nSPS) is 23.1. The van der Waals surface area contributed by atoms with E-state index >= 15 is 0 Å². The number of methoxy groups -OCH3 is 2. The van der Waals surface area contributed by atoms with E-state index in [-0.39, 0.29) is 11.9 Å². The zero-order valence-corrected chi connectivity index (χ0v) is 17.9. The summed E-state index contributed by atoms with van der Waals surface area (Å²) in [7, 11) is 3.32. The highest BCUT2D eigenvalue weighted by atomic mass is 16.5. The van der Waals surface area contributed by atoms with Gasteiger partial charge in [0.05, 0.1) is 19.7 Å². The highest BCUT2D eigenvalue weighted by molar-refractivity contribution is 6.04. The molecule has 2 aromatic carbocycles. The molecule has 1 aromatic heterocycles. The standard InChI is InChI=1S/C24H28N4O3/c1-30-20-10-7-15(11-21(20)31-2)12-28-13-16-8-9-17(14-28)22(16)25-24(29)23-18-5-3-4-6-19(18)26-27-23/h3-7,10-11,16-17,22H,8-9,12-14H2,1-2H3,(H,25,29)(H,26,27)/t16-,17+,22?. The maximum absolute atomic E-state index is 13.0. The van der Waals surface area contributed by atoms with Crippen LogP contribution < -0.4 is 14.8 Å². The van der Waals surface area contributed by atoms with Gasteiger partial charge in [-0.25, -0.2) is 0 Å². The molecule has 1 saturated heterocycles. The van der Waals surface area contributed by atoms with Gasteiger partial charge in [-0.3, -0.25) is 14.8 Å². The summed E-state index contributed by atoms with van der Waals surface area (Å²) in [5, 5.41) is 11.4. The van der Waals surface area contributed by atoms with Crippen molar-refractivity contribution in [2.24, 2.45) is 11.8 Å². The minimum atomic E-state index is -0.0762. The van der Waals surface area contributed by atoms with Crippen molar-refractivity contribution in [3.63, 3.8) is 0 Å². The minimum absolute atomic E-state index is 0.0762. The lowest BCUT2D eigenvalue weighted by Crippen LogP contribution is -2.52. The molecule has 1 aliphatic heterocycles. The number of carbonyl (C=O) groups excluding carboxylic acids is 1. The number of hydrogen-bond donors (Lipinski definition) is 2. The fraction of sp³-hybridized carbons (Fsp3) is 0.417. The first-order chi connectivity index (χ1) is 15.2. The number of piperidine rings is 1. The van der Waals surface area contributed by atoms with Gasteiger partial charge >= 0.3 is 0 Å². The number of aromatic nitrogens is 2. The third kappa shape index (κ3) is 3.74. The number of carbonyl (C=O) groups is 1. The molecule has 3 aromatic rings. The average Bonchev–Trinajstić information content (AvgIpc) is 3.31. The van der Waals surface area contributed by atoms with E-state index in [1.54, 1.807) is 14.2 Å². The third-order valence-corrected chi connectivity index (χ3v) is 6.75. The van der Waals surface area contributed by atoms with Crippen molar-refractivity contribution < 1.29 is 14.3 Å². The van der Waals surface area contributed by atoms with Gasteiger partial charge in [0.2, 0.25) is 0 Å². The molecule has 1 unspecified atom stereocenters. The lowest BCUT2D eigenvalue weighted by Gasteiger charge is -2.38. The summed E-state index contributed by atoms with van der Waals surface area (Å²) < 4.78 is 10.8. The number of ether oxygens (including phenoxy) is 2. The Labute approximate surface area is 181 Å². The van der Waals surface area contributed by atoms with Crippen LogP contribution in [0.25, 0.3) is 10.9 Å². The Balaban J connectivity index is 1.25. The molecule has 3 atom stereocenters. The van der Waals surface area contributed by atoms with Crippen LogP contribution in [0.2, 0.25) is 0 Å². The fourth-order valence-corrected chi connectivity index (χ4v) is 5.28. The van der Waals surface area contributed by atoms with Crippen molar-refractivity contribution in [1.82, 2.24) is 20.4 Å². The predicted octanol–water partition coefficient (Wildman–Crippen LogP) is 3.22. The van der Waals surface area contributed by atoms with Gasteiger partial charge < -0.3 is 14.8 Å².